The highest BCUT2D eigenvalue weighted by Gasteiger charge is 2.44. The Morgan fingerprint density at radius 1 is 1.38 bits per heavy atom. The van der Waals surface area contributed by atoms with Crippen LogP contribution in [-0.2, 0) is 16.0 Å². The molecule has 1 fully saturated rings. The summed E-state index contributed by atoms with van der Waals surface area (Å²) in [6, 6.07) is 7.20. The number of amides is 1. The van der Waals surface area contributed by atoms with Crippen LogP contribution in [0.3, 0.4) is 0 Å². The third kappa shape index (κ3) is 4.63. The van der Waals surface area contributed by atoms with E-state index in [4.69, 9.17) is 16.3 Å². The summed E-state index contributed by atoms with van der Waals surface area (Å²) >= 11 is 6.01. The van der Waals surface area contributed by atoms with Crippen molar-refractivity contribution in [3.63, 3.8) is 0 Å². The van der Waals surface area contributed by atoms with Gasteiger partial charge in [-0.05, 0) is 57.7 Å². The molecule has 1 atom stereocenters. The zero-order chi connectivity index (χ0) is 18.0. The highest BCUT2D eigenvalue weighted by Crippen LogP contribution is 2.35. The van der Waals surface area contributed by atoms with Gasteiger partial charge in [-0.1, -0.05) is 23.7 Å². The second-order valence-electron chi connectivity index (χ2n) is 7.40. The molecule has 0 aliphatic carbocycles. The molecule has 0 spiro atoms. The molecule has 1 aromatic carbocycles. The van der Waals surface area contributed by atoms with Gasteiger partial charge in [-0.3, -0.25) is 4.79 Å². The van der Waals surface area contributed by atoms with Gasteiger partial charge < -0.3 is 14.7 Å². The average molecular weight is 354 g/mol. The van der Waals surface area contributed by atoms with Crippen LogP contribution in [0.1, 0.15) is 39.2 Å². The zero-order valence-electron chi connectivity index (χ0n) is 14.3. The molecular weight excluding hydrogens is 330 g/mol. The summed E-state index contributed by atoms with van der Waals surface area (Å²) in [4.78, 5) is 25.8. The molecular formula is C18H24ClNO4. The number of halogens is 1. The number of aliphatic carboxylic acids is 1. The summed E-state index contributed by atoms with van der Waals surface area (Å²) in [5.41, 5.74) is -0.761. The van der Waals surface area contributed by atoms with Crippen LogP contribution >= 0.6 is 11.6 Å². The van der Waals surface area contributed by atoms with Crippen molar-refractivity contribution in [3.8, 4) is 0 Å². The molecule has 1 saturated heterocycles. The number of carboxylic acid groups (broad SMARTS) is 1. The Morgan fingerprint density at radius 3 is 2.67 bits per heavy atom. The largest absolute Gasteiger partial charge is 0.481 e. The number of carbonyl (C=O) groups excluding carboxylic acids is 1. The lowest BCUT2D eigenvalue weighted by molar-refractivity contribution is -0.152. The molecule has 24 heavy (non-hydrogen) atoms. The lowest BCUT2D eigenvalue weighted by Gasteiger charge is -2.40. The Morgan fingerprint density at radius 2 is 2.08 bits per heavy atom. The normalized spacial score (nSPS) is 21.4. The molecule has 0 radical (unpaired) electrons. The Hall–Kier alpha value is -1.75. The van der Waals surface area contributed by atoms with Crippen molar-refractivity contribution in [2.75, 3.05) is 13.1 Å². The van der Waals surface area contributed by atoms with Crippen LogP contribution in [0.4, 0.5) is 4.79 Å². The van der Waals surface area contributed by atoms with E-state index in [9.17, 15) is 14.7 Å². The van der Waals surface area contributed by atoms with E-state index in [0.717, 1.165) is 5.56 Å². The number of carboxylic acids is 1. The van der Waals surface area contributed by atoms with Gasteiger partial charge in [-0.15, -0.1) is 0 Å². The fourth-order valence-electron chi connectivity index (χ4n) is 3.05. The minimum atomic E-state index is -1.01. The fourth-order valence-corrected chi connectivity index (χ4v) is 3.26. The van der Waals surface area contributed by atoms with E-state index in [2.05, 4.69) is 0 Å². The number of benzene rings is 1. The molecule has 0 aromatic heterocycles. The Kier molecular flexibility index (Phi) is 5.43. The van der Waals surface area contributed by atoms with Crippen molar-refractivity contribution in [2.24, 2.45) is 5.41 Å². The molecule has 2 rings (SSSR count). The molecule has 6 heteroatoms. The average Bonchev–Trinajstić information content (AvgIpc) is 2.45. The van der Waals surface area contributed by atoms with Crippen LogP contribution < -0.4 is 0 Å². The maximum atomic E-state index is 12.3. The van der Waals surface area contributed by atoms with Crippen LogP contribution in [-0.4, -0.2) is 40.8 Å². The molecule has 0 bridgehead atoms. The van der Waals surface area contributed by atoms with Gasteiger partial charge in [-0.25, -0.2) is 4.79 Å². The van der Waals surface area contributed by atoms with Gasteiger partial charge >= 0.3 is 12.1 Å². The predicted octanol–water partition coefficient (Wildman–Crippen LogP) is 3.98. The van der Waals surface area contributed by atoms with Crippen molar-refractivity contribution in [3.05, 3.63) is 34.9 Å². The fraction of sp³-hybridized carbons (Fsp3) is 0.556. The third-order valence-electron chi connectivity index (χ3n) is 4.11. The molecule has 1 heterocycles. The Bertz CT molecular complexity index is 626. The molecule has 1 aliphatic rings. The third-order valence-corrected chi connectivity index (χ3v) is 4.35. The quantitative estimate of drug-likeness (QED) is 0.892. The number of hydrogen-bond donors (Lipinski definition) is 1. The van der Waals surface area contributed by atoms with Crippen molar-refractivity contribution < 1.29 is 19.4 Å². The monoisotopic (exact) mass is 353 g/mol. The van der Waals surface area contributed by atoms with Gasteiger partial charge in [0, 0.05) is 18.1 Å². The molecule has 1 aliphatic heterocycles. The first-order valence-corrected chi connectivity index (χ1v) is 8.45. The molecule has 0 saturated carbocycles. The van der Waals surface area contributed by atoms with Crippen LogP contribution in [0.2, 0.25) is 5.02 Å². The van der Waals surface area contributed by atoms with Gasteiger partial charge in [-0.2, -0.15) is 0 Å². The molecule has 1 N–H and O–H groups in total. The van der Waals surface area contributed by atoms with Crippen LogP contribution in [0.25, 0.3) is 0 Å². The maximum Gasteiger partial charge on any atom is 0.410 e. The van der Waals surface area contributed by atoms with Crippen molar-refractivity contribution >= 4 is 23.7 Å². The van der Waals surface area contributed by atoms with E-state index in [1.54, 1.807) is 32.9 Å². The van der Waals surface area contributed by atoms with Gasteiger partial charge in [0.25, 0.3) is 0 Å². The van der Waals surface area contributed by atoms with Gasteiger partial charge in [0.05, 0.1) is 5.41 Å². The minimum absolute atomic E-state index is 0.143. The first-order valence-electron chi connectivity index (χ1n) is 8.07. The number of likely N-dealkylation sites (tertiary alicyclic amines) is 1. The van der Waals surface area contributed by atoms with E-state index >= 15 is 0 Å². The molecule has 1 amide bonds. The number of rotatable bonds is 3. The van der Waals surface area contributed by atoms with Crippen molar-refractivity contribution in [2.45, 2.75) is 45.6 Å². The van der Waals surface area contributed by atoms with Crippen LogP contribution in [0.5, 0.6) is 0 Å². The smallest absolute Gasteiger partial charge is 0.410 e. The van der Waals surface area contributed by atoms with Gasteiger partial charge in [0.2, 0.25) is 0 Å². The Labute approximate surface area is 147 Å². The second kappa shape index (κ2) is 7.01. The summed E-state index contributed by atoms with van der Waals surface area (Å²) in [6.07, 6.45) is 1.03. The van der Waals surface area contributed by atoms with E-state index < -0.39 is 23.1 Å². The van der Waals surface area contributed by atoms with E-state index in [1.807, 2.05) is 12.1 Å². The molecule has 132 valence electrons. The number of carbonyl (C=O) groups is 2. The predicted molar refractivity (Wildman–Crippen MR) is 92.3 cm³/mol. The van der Waals surface area contributed by atoms with Crippen LogP contribution in [0, 0.1) is 5.41 Å². The second-order valence-corrected chi connectivity index (χ2v) is 7.83. The SMILES string of the molecule is CC(C)(C)OC(=O)N1CCCC(Cc2cccc(Cl)c2)(C(=O)O)C1. The number of nitrogens with zero attached hydrogens (tertiary/aromatic N) is 1. The summed E-state index contributed by atoms with van der Waals surface area (Å²) in [7, 11) is 0. The first-order chi connectivity index (χ1) is 11.1. The van der Waals surface area contributed by atoms with Crippen molar-refractivity contribution in [1.82, 2.24) is 4.90 Å². The molecule has 1 unspecified atom stereocenters. The van der Waals surface area contributed by atoms with Crippen LogP contribution in [0.15, 0.2) is 24.3 Å². The number of piperidine rings is 1. The lowest BCUT2D eigenvalue weighted by Crippen LogP contribution is -2.52. The van der Waals surface area contributed by atoms with Crippen molar-refractivity contribution in [1.29, 1.82) is 0 Å². The minimum Gasteiger partial charge on any atom is -0.481 e. The standard InChI is InChI=1S/C18H24ClNO4/c1-17(2,3)24-16(23)20-9-5-8-18(12-20,15(21)22)11-13-6-4-7-14(19)10-13/h4,6-7,10H,5,8-9,11-12H2,1-3H3,(H,21,22). The van der Waals surface area contributed by atoms with E-state index in [-0.39, 0.29) is 6.54 Å². The topological polar surface area (TPSA) is 66.8 Å². The Balaban J connectivity index is 2.19. The van der Waals surface area contributed by atoms with E-state index in [0.29, 0.717) is 30.8 Å². The van der Waals surface area contributed by atoms with E-state index in [1.165, 1.54) is 4.90 Å². The summed E-state index contributed by atoms with van der Waals surface area (Å²) in [5, 5.41) is 10.4. The summed E-state index contributed by atoms with van der Waals surface area (Å²) in [5.74, 6) is -0.893. The highest BCUT2D eigenvalue weighted by molar-refractivity contribution is 6.30. The summed E-state index contributed by atoms with van der Waals surface area (Å²) < 4.78 is 5.39. The molecule has 1 aromatic rings. The lowest BCUT2D eigenvalue weighted by atomic mass is 9.75. The number of hydrogen-bond acceptors (Lipinski definition) is 3. The maximum absolute atomic E-state index is 12.3. The number of ether oxygens (including phenoxy) is 1. The first kappa shape index (κ1) is 18.6. The highest BCUT2D eigenvalue weighted by atomic mass is 35.5. The van der Waals surface area contributed by atoms with Gasteiger partial charge in [0.1, 0.15) is 5.60 Å². The summed E-state index contributed by atoms with van der Waals surface area (Å²) in [6.45, 7) is 6.05. The van der Waals surface area contributed by atoms with Gasteiger partial charge in [0.15, 0.2) is 0 Å². The molecule has 5 nitrogen and oxygen atoms in total. The zero-order valence-corrected chi connectivity index (χ0v) is 15.1.